The predicted molar refractivity (Wildman–Crippen MR) is 81.6 cm³/mol. The van der Waals surface area contributed by atoms with Gasteiger partial charge in [-0.15, -0.1) is 0 Å². The Morgan fingerprint density at radius 2 is 2.14 bits per heavy atom. The smallest absolute Gasteiger partial charge is 0.266 e. The van der Waals surface area contributed by atoms with Crippen LogP contribution in [0.1, 0.15) is 32.2 Å². The quantitative estimate of drug-likeness (QED) is 0.879. The molecule has 120 valence electrons. The molecule has 0 aliphatic rings. The lowest BCUT2D eigenvalue weighted by Gasteiger charge is -2.19. The second-order valence-corrected chi connectivity index (χ2v) is 6.24. The van der Waals surface area contributed by atoms with Gasteiger partial charge in [-0.2, -0.15) is 5.10 Å². The molecule has 1 unspecified atom stereocenters. The molecule has 1 N–H and O–H groups in total. The van der Waals surface area contributed by atoms with E-state index in [2.05, 4.69) is 5.10 Å². The number of aliphatic hydroxyl groups is 1. The zero-order valence-corrected chi connectivity index (χ0v) is 13.2. The van der Waals surface area contributed by atoms with Crippen LogP contribution in [0.25, 0.3) is 0 Å². The van der Waals surface area contributed by atoms with Crippen molar-refractivity contribution in [3.63, 3.8) is 0 Å². The van der Waals surface area contributed by atoms with Crippen molar-refractivity contribution in [1.82, 2.24) is 9.78 Å². The zero-order valence-electron chi connectivity index (χ0n) is 13.2. The maximum atomic E-state index is 11.8. The largest absolute Gasteiger partial charge is 0.467 e. The highest BCUT2D eigenvalue weighted by molar-refractivity contribution is 5.10. The van der Waals surface area contributed by atoms with Crippen LogP contribution in [0.5, 0.6) is 0 Å². The minimum atomic E-state index is -0.810. The summed E-state index contributed by atoms with van der Waals surface area (Å²) >= 11 is 0. The molecule has 1 atom stereocenters. The molecule has 0 aromatic carbocycles. The van der Waals surface area contributed by atoms with Crippen LogP contribution in [-0.4, -0.2) is 27.6 Å². The van der Waals surface area contributed by atoms with Gasteiger partial charge < -0.3 is 14.3 Å². The first-order chi connectivity index (χ1) is 10.4. The molecule has 0 aliphatic carbocycles. The van der Waals surface area contributed by atoms with Crippen molar-refractivity contribution in [2.75, 3.05) is 6.61 Å². The fraction of sp³-hybridized carbons (Fsp3) is 0.500. The van der Waals surface area contributed by atoms with E-state index in [1.807, 2.05) is 20.8 Å². The van der Waals surface area contributed by atoms with E-state index >= 15 is 0 Å². The predicted octanol–water partition coefficient (Wildman–Crippen LogP) is 1.71. The van der Waals surface area contributed by atoms with Gasteiger partial charge in [-0.05, 0) is 18.2 Å². The van der Waals surface area contributed by atoms with E-state index in [1.54, 1.807) is 24.5 Å². The highest BCUT2D eigenvalue weighted by atomic mass is 16.5. The Morgan fingerprint density at radius 1 is 1.36 bits per heavy atom. The maximum Gasteiger partial charge on any atom is 0.266 e. The monoisotopic (exact) mass is 306 g/mol. The number of aromatic nitrogens is 2. The Hall–Kier alpha value is -1.92. The van der Waals surface area contributed by atoms with Gasteiger partial charge in [0.15, 0.2) is 0 Å². The SMILES string of the molecule is CC(C)(C)c1ccc(=O)n(CC(O)COCc2ccco2)n1. The van der Waals surface area contributed by atoms with E-state index in [4.69, 9.17) is 9.15 Å². The average molecular weight is 306 g/mol. The molecule has 0 amide bonds. The molecule has 0 radical (unpaired) electrons. The first-order valence-corrected chi connectivity index (χ1v) is 7.23. The summed E-state index contributed by atoms with van der Waals surface area (Å²) in [5.74, 6) is 0.692. The van der Waals surface area contributed by atoms with Crippen molar-refractivity contribution in [2.24, 2.45) is 0 Å². The Kier molecular flexibility index (Phi) is 5.15. The summed E-state index contributed by atoms with van der Waals surface area (Å²) in [4.78, 5) is 11.8. The van der Waals surface area contributed by atoms with Crippen LogP contribution >= 0.6 is 0 Å². The molecular weight excluding hydrogens is 284 g/mol. The van der Waals surface area contributed by atoms with Crippen molar-refractivity contribution >= 4 is 0 Å². The van der Waals surface area contributed by atoms with E-state index in [-0.39, 0.29) is 30.7 Å². The summed E-state index contributed by atoms with van der Waals surface area (Å²) in [5, 5.41) is 14.3. The van der Waals surface area contributed by atoms with Crippen LogP contribution in [0.4, 0.5) is 0 Å². The lowest BCUT2D eigenvalue weighted by Crippen LogP contribution is -2.32. The van der Waals surface area contributed by atoms with Crippen LogP contribution in [0.2, 0.25) is 0 Å². The highest BCUT2D eigenvalue weighted by Crippen LogP contribution is 2.18. The minimum absolute atomic E-state index is 0.0981. The normalized spacial score (nSPS) is 13.3. The molecule has 0 bridgehead atoms. The molecule has 0 spiro atoms. The van der Waals surface area contributed by atoms with Gasteiger partial charge in [-0.25, -0.2) is 4.68 Å². The molecule has 2 rings (SSSR count). The molecule has 2 heterocycles. The average Bonchev–Trinajstić information content (AvgIpc) is 2.93. The van der Waals surface area contributed by atoms with Crippen LogP contribution < -0.4 is 5.56 Å². The molecule has 0 aliphatic heterocycles. The van der Waals surface area contributed by atoms with Crippen LogP contribution in [0, 0.1) is 0 Å². The van der Waals surface area contributed by atoms with E-state index < -0.39 is 6.10 Å². The molecule has 0 fully saturated rings. The van der Waals surface area contributed by atoms with Crippen LogP contribution in [0.15, 0.2) is 39.7 Å². The fourth-order valence-corrected chi connectivity index (χ4v) is 1.92. The van der Waals surface area contributed by atoms with Gasteiger partial charge in [-0.1, -0.05) is 20.8 Å². The molecule has 22 heavy (non-hydrogen) atoms. The zero-order chi connectivity index (χ0) is 16.2. The van der Waals surface area contributed by atoms with Crippen molar-refractivity contribution in [2.45, 2.75) is 45.4 Å². The van der Waals surface area contributed by atoms with E-state index in [1.165, 1.54) is 10.7 Å². The minimum Gasteiger partial charge on any atom is -0.467 e. The van der Waals surface area contributed by atoms with Gasteiger partial charge in [0.1, 0.15) is 12.4 Å². The van der Waals surface area contributed by atoms with Gasteiger partial charge in [-0.3, -0.25) is 4.79 Å². The lowest BCUT2D eigenvalue weighted by atomic mass is 9.92. The standard InChI is InChI=1S/C16H22N2O4/c1-16(2,3)14-6-7-15(20)18(17-14)9-12(19)10-21-11-13-5-4-8-22-13/h4-8,12,19H,9-11H2,1-3H3. The second-order valence-electron chi connectivity index (χ2n) is 6.24. The maximum absolute atomic E-state index is 11.8. The number of hydrogen-bond donors (Lipinski definition) is 1. The van der Waals surface area contributed by atoms with Gasteiger partial charge in [0.2, 0.25) is 0 Å². The number of furan rings is 1. The molecular formula is C16H22N2O4. The highest BCUT2D eigenvalue weighted by Gasteiger charge is 2.17. The summed E-state index contributed by atoms with van der Waals surface area (Å²) in [7, 11) is 0. The summed E-state index contributed by atoms with van der Waals surface area (Å²) in [6, 6.07) is 6.77. The number of hydrogen-bond acceptors (Lipinski definition) is 5. The van der Waals surface area contributed by atoms with Crippen molar-refractivity contribution in [1.29, 1.82) is 0 Å². The van der Waals surface area contributed by atoms with Crippen LogP contribution in [0.3, 0.4) is 0 Å². The van der Waals surface area contributed by atoms with Gasteiger partial charge in [0, 0.05) is 11.5 Å². The van der Waals surface area contributed by atoms with Gasteiger partial charge >= 0.3 is 0 Å². The lowest BCUT2D eigenvalue weighted by molar-refractivity contribution is 0.0123. The molecule has 0 saturated heterocycles. The number of nitrogens with zero attached hydrogens (tertiary/aromatic N) is 2. The Balaban J connectivity index is 1.93. The van der Waals surface area contributed by atoms with Crippen LogP contribution in [-0.2, 0) is 23.3 Å². The number of rotatable bonds is 6. The molecule has 6 nitrogen and oxygen atoms in total. The first-order valence-electron chi connectivity index (χ1n) is 7.23. The van der Waals surface area contributed by atoms with Crippen molar-refractivity contribution < 1.29 is 14.3 Å². The second kappa shape index (κ2) is 6.89. The molecule has 2 aromatic rings. The third-order valence-corrected chi connectivity index (χ3v) is 3.15. The Bertz CT molecular complexity index is 641. The van der Waals surface area contributed by atoms with E-state index in [0.29, 0.717) is 5.76 Å². The number of aliphatic hydroxyl groups excluding tert-OH is 1. The van der Waals surface area contributed by atoms with Crippen molar-refractivity contribution in [3.05, 3.63) is 52.3 Å². The Morgan fingerprint density at radius 3 is 2.77 bits per heavy atom. The van der Waals surface area contributed by atoms with Crippen molar-refractivity contribution in [3.8, 4) is 0 Å². The third-order valence-electron chi connectivity index (χ3n) is 3.15. The molecule has 2 aromatic heterocycles. The summed E-state index contributed by atoms with van der Waals surface area (Å²) in [6.45, 7) is 6.55. The summed E-state index contributed by atoms with van der Waals surface area (Å²) in [5.41, 5.74) is 0.407. The molecule has 6 heteroatoms. The molecule has 0 saturated carbocycles. The number of ether oxygens (including phenoxy) is 1. The Labute approximate surface area is 129 Å². The first kappa shape index (κ1) is 16.5. The topological polar surface area (TPSA) is 77.5 Å². The fourth-order valence-electron chi connectivity index (χ4n) is 1.92. The van der Waals surface area contributed by atoms with E-state index in [0.717, 1.165) is 5.69 Å². The summed E-state index contributed by atoms with van der Waals surface area (Å²) in [6.07, 6.45) is 0.756. The summed E-state index contributed by atoms with van der Waals surface area (Å²) < 4.78 is 11.8. The third kappa shape index (κ3) is 4.54. The van der Waals surface area contributed by atoms with E-state index in [9.17, 15) is 9.90 Å². The van der Waals surface area contributed by atoms with Gasteiger partial charge in [0.05, 0.1) is 31.2 Å². The van der Waals surface area contributed by atoms with Gasteiger partial charge in [0.25, 0.3) is 5.56 Å².